The van der Waals surface area contributed by atoms with Gasteiger partial charge in [-0.15, -0.1) is 0 Å². The number of anilines is 2. The Morgan fingerprint density at radius 2 is 1.77 bits per heavy atom. The van der Waals surface area contributed by atoms with E-state index in [-0.39, 0.29) is 12.1 Å². The fourth-order valence-corrected chi connectivity index (χ4v) is 4.52. The maximum atomic E-state index is 11.6. The van der Waals surface area contributed by atoms with Crippen molar-refractivity contribution in [3.8, 4) is 11.4 Å². The minimum Gasteiger partial charge on any atom is -0.465 e. The summed E-state index contributed by atoms with van der Waals surface area (Å²) in [5.41, 5.74) is 2.22. The Labute approximate surface area is 201 Å². The number of benzene rings is 1. The molecule has 12 heteroatoms. The number of hydrogen-bond donors (Lipinski definition) is 3. The minimum absolute atomic E-state index is 0.0579. The monoisotopic (exact) mass is 480 g/mol. The van der Waals surface area contributed by atoms with Crippen molar-refractivity contribution in [1.82, 2.24) is 30.0 Å². The van der Waals surface area contributed by atoms with Gasteiger partial charge in [0, 0.05) is 44.5 Å². The van der Waals surface area contributed by atoms with Crippen LogP contribution in [0.3, 0.4) is 0 Å². The van der Waals surface area contributed by atoms with Crippen molar-refractivity contribution < 1.29 is 19.4 Å². The van der Waals surface area contributed by atoms with Gasteiger partial charge in [-0.05, 0) is 37.1 Å². The molecule has 2 aliphatic heterocycles. The standard InChI is InChI=1S/C23H28N8O4/c1-24-22(32)26-16-4-2-15(3-5-16)19-27-20(29-10-12-35-13-11-29)18-14-25-31(21(18)28-19)17-6-8-30(9-7-17)23(33)34/h2-5,14,17H,6-13H2,1H3,(H,33,34)(H2,24,26,32). The molecule has 35 heavy (non-hydrogen) atoms. The van der Waals surface area contributed by atoms with Crippen molar-refractivity contribution in [3.63, 3.8) is 0 Å². The molecule has 2 aliphatic rings. The van der Waals surface area contributed by atoms with Crippen LogP contribution in [-0.2, 0) is 4.74 Å². The Balaban J connectivity index is 1.52. The van der Waals surface area contributed by atoms with Gasteiger partial charge < -0.3 is 30.3 Å². The average molecular weight is 481 g/mol. The minimum atomic E-state index is -0.887. The molecule has 12 nitrogen and oxygen atoms in total. The molecule has 3 aromatic rings. The number of carboxylic acid groups (broad SMARTS) is 1. The average Bonchev–Trinajstić information content (AvgIpc) is 3.33. The van der Waals surface area contributed by atoms with E-state index in [0.717, 1.165) is 35.5 Å². The van der Waals surface area contributed by atoms with Crippen LogP contribution < -0.4 is 15.5 Å². The van der Waals surface area contributed by atoms with Crippen LogP contribution in [0.1, 0.15) is 18.9 Å². The summed E-state index contributed by atoms with van der Waals surface area (Å²) in [5, 5.41) is 20.1. The zero-order valence-electron chi connectivity index (χ0n) is 19.5. The number of nitrogens with one attached hydrogen (secondary N) is 2. The van der Waals surface area contributed by atoms with Gasteiger partial charge in [0.15, 0.2) is 11.5 Å². The molecule has 0 radical (unpaired) electrons. The number of rotatable bonds is 4. The lowest BCUT2D eigenvalue weighted by Gasteiger charge is -2.30. The van der Waals surface area contributed by atoms with Crippen LogP contribution in [0.25, 0.3) is 22.4 Å². The van der Waals surface area contributed by atoms with Gasteiger partial charge in [0.25, 0.3) is 0 Å². The quantitative estimate of drug-likeness (QED) is 0.518. The van der Waals surface area contributed by atoms with Crippen molar-refractivity contribution in [2.24, 2.45) is 0 Å². The number of piperidine rings is 1. The first-order chi connectivity index (χ1) is 17.0. The van der Waals surface area contributed by atoms with Gasteiger partial charge in [0.1, 0.15) is 5.82 Å². The maximum Gasteiger partial charge on any atom is 0.407 e. The first-order valence-corrected chi connectivity index (χ1v) is 11.7. The summed E-state index contributed by atoms with van der Waals surface area (Å²) >= 11 is 0. The lowest BCUT2D eigenvalue weighted by molar-refractivity contribution is 0.122. The fourth-order valence-electron chi connectivity index (χ4n) is 4.52. The topological polar surface area (TPSA) is 138 Å². The first-order valence-electron chi connectivity index (χ1n) is 11.7. The third-order valence-corrected chi connectivity index (χ3v) is 6.45. The smallest absolute Gasteiger partial charge is 0.407 e. The highest BCUT2D eigenvalue weighted by atomic mass is 16.5. The van der Waals surface area contributed by atoms with E-state index in [1.54, 1.807) is 7.05 Å². The second kappa shape index (κ2) is 9.74. The predicted molar refractivity (Wildman–Crippen MR) is 130 cm³/mol. The molecule has 4 heterocycles. The Morgan fingerprint density at radius 1 is 1.06 bits per heavy atom. The number of urea groups is 1. The second-order valence-electron chi connectivity index (χ2n) is 8.58. The molecule has 0 aliphatic carbocycles. The molecular formula is C23H28N8O4. The van der Waals surface area contributed by atoms with Crippen LogP contribution in [0.4, 0.5) is 21.1 Å². The molecule has 3 N–H and O–H groups in total. The van der Waals surface area contributed by atoms with E-state index in [4.69, 9.17) is 14.7 Å². The molecule has 2 saturated heterocycles. The molecule has 2 aromatic heterocycles. The van der Waals surface area contributed by atoms with Crippen LogP contribution >= 0.6 is 0 Å². The zero-order valence-corrected chi connectivity index (χ0v) is 19.5. The van der Waals surface area contributed by atoms with Crippen LogP contribution in [-0.4, -0.2) is 88.3 Å². The van der Waals surface area contributed by atoms with E-state index in [1.165, 1.54) is 4.90 Å². The normalized spacial score (nSPS) is 16.9. The molecule has 5 rings (SSSR count). The predicted octanol–water partition coefficient (Wildman–Crippen LogP) is 2.40. The number of carbonyl (C=O) groups excluding carboxylic acids is 1. The molecule has 184 valence electrons. The van der Waals surface area contributed by atoms with E-state index in [1.807, 2.05) is 35.1 Å². The molecule has 0 bridgehead atoms. The van der Waals surface area contributed by atoms with Crippen LogP contribution in [0.5, 0.6) is 0 Å². The number of fused-ring (bicyclic) bond motifs is 1. The van der Waals surface area contributed by atoms with Crippen molar-refractivity contribution >= 4 is 34.7 Å². The number of ether oxygens (including phenoxy) is 1. The molecular weight excluding hydrogens is 452 g/mol. The lowest BCUT2D eigenvalue weighted by atomic mass is 10.1. The highest BCUT2D eigenvalue weighted by molar-refractivity contribution is 5.90. The third-order valence-electron chi connectivity index (χ3n) is 6.45. The highest BCUT2D eigenvalue weighted by Gasteiger charge is 2.27. The van der Waals surface area contributed by atoms with Crippen LogP contribution in [0, 0.1) is 0 Å². The van der Waals surface area contributed by atoms with Crippen molar-refractivity contribution in [2.75, 3.05) is 56.7 Å². The van der Waals surface area contributed by atoms with Gasteiger partial charge in [-0.3, -0.25) is 0 Å². The van der Waals surface area contributed by atoms with E-state index >= 15 is 0 Å². The number of carbonyl (C=O) groups is 2. The first kappa shape index (κ1) is 22.8. The third kappa shape index (κ3) is 4.69. The van der Waals surface area contributed by atoms with Crippen LogP contribution in [0.15, 0.2) is 30.5 Å². The Hall–Kier alpha value is -3.93. The summed E-state index contributed by atoms with van der Waals surface area (Å²) in [6, 6.07) is 7.14. The summed E-state index contributed by atoms with van der Waals surface area (Å²) in [7, 11) is 1.56. The van der Waals surface area contributed by atoms with Gasteiger partial charge in [0.05, 0.1) is 30.8 Å². The second-order valence-corrected chi connectivity index (χ2v) is 8.58. The van der Waals surface area contributed by atoms with Gasteiger partial charge >= 0.3 is 12.1 Å². The molecule has 0 unspecified atom stereocenters. The van der Waals surface area contributed by atoms with Gasteiger partial charge in [-0.1, -0.05) is 0 Å². The summed E-state index contributed by atoms with van der Waals surface area (Å²) in [4.78, 5) is 36.4. The molecule has 1 aromatic carbocycles. The molecule has 2 fully saturated rings. The van der Waals surface area contributed by atoms with Crippen molar-refractivity contribution in [1.29, 1.82) is 0 Å². The maximum absolute atomic E-state index is 11.6. The fraction of sp³-hybridized carbons (Fsp3) is 0.435. The molecule has 0 spiro atoms. The summed E-state index contributed by atoms with van der Waals surface area (Å²) in [6.07, 6.45) is 2.27. The summed E-state index contributed by atoms with van der Waals surface area (Å²) in [6.45, 7) is 3.64. The Morgan fingerprint density at radius 3 is 2.43 bits per heavy atom. The van der Waals surface area contributed by atoms with Gasteiger partial charge in [-0.2, -0.15) is 5.10 Å². The largest absolute Gasteiger partial charge is 0.465 e. The Kier molecular flexibility index (Phi) is 6.36. The number of likely N-dealkylation sites (tertiary alicyclic amines) is 1. The number of nitrogens with zero attached hydrogens (tertiary/aromatic N) is 6. The van der Waals surface area contributed by atoms with E-state index in [9.17, 15) is 14.7 Å². The van der Waals surface area contributed by atoms with Crippen LogP contribution in [0.2, 0.25) is 0 Å². The molecule has 0 atom stereocenters. The zero-order chi connectivity index (χ0) is 24.4. The molecule has 0 saturated carbocycles. The number of aromatic nitrogens is 4. The van der Waals surface area contributed by atoms with Gasteiger partial charge in [-0.25, -0.2) is 24.2 Å². The van der Waals surface area contributed by atoms with E-state index < -0.39 is 6.09 Å². The molecule has 3 amide bonds. The lowest BCUT2D eigenvalue weighted by Crippen LogP contribution is -2.38. The number of amides is 3. The van der Waals surface area contributed by atoms with Gasteiger partial charge in [0.2, 0.25) is 0 Å². The van der Waals surface area contributed by atoms with E-state index in [2.05, 4.69) is 20.6 Å². The number of hydrogen-bond acceptors (Lipinski definition) is 7. The van der Waals surface area contributed by atoms with Crippen molar-refractivity contribution in [2.45, 2.75) is 18.9 Å². The van der Waals surface area contributed by atoms with Crippen molar-refractivity contribution in [3.05, 3.63) is 30.5 Å². The summed E-state index contributed by atoms with van der Waals surface area (Å²) < 4.78 is 7.46. The SMILES string of the molecule is CNC(=O)Nc1ccc(-c2nc(N3CCOCC3)c3cnn(C4CCN(C(=O)O)CC4)c3n2)cc1. The van der Waals surface area contributed by atoms with E-state index in [0.29, 0.717) is 50.7 Å². The number of morpholine rings is 1. The Bertz CT molecular complexity index is 1210. The summed E-state index contributed by atoms with van der Waals surface area (Å²) in [5.74, 6) is 1.38. The highest BCUT2D eigenvalue weighted by Crippen LogP contribution is 2.32.